The molecule has 0 saturated carbocycles. The van der Waals surface area contributed by atoms with Gasteiger partial charge in [-0.3, -0.25) is 0 Å². The van der Waals surface area contributed by atoms with Gasteiger partial charge < -0.3 is 10.2 Å². The molecule has 1 N–H and O–H groups in total. The van der Waals surface area contributed by atoms with E-state index in [1.54, 1.807) is 0 Å². The number of benzene rings is 1. The van der Waals surface area contributed by atoms with Crippen molar-refractivity contribution in [1.29, 1.82) is 0 Å². The fourth-order valence-electron chi connectivity index (χ4n) is 2.97. The largest absolute Gasteiger partial charge is 0.380 e. The van der Waals surface area contributed by atoms with Gasteiger partial charge in [0, 0.05) is 30.2 Å². The van der Waals surface area contributed by atoms with Gasteiger partial charge in [0.25, 0.3) is 0 Å². The number of aryl methyl sites for hydroxylation is 1. The Morgan fingerprint density at radius 2 is 2.06 bits per heavy atom. The summed E-state index contributed by atoms with van der Waals surface area (Å²) in [4.78, 5) is 2.38. The summed E-state index contributed by atoms with van der Waals surface area (Å²) in [7, 11) is 2.19. The van der Waals surface area contributed by atoms with Crippen LogP contribution in [0.3, 0.4) is 0 Å². The fourth-order valence-corrected chi connectivity index (χ4v) is 2.97. The van der Waals surface area contributed by atoms with Crippen LogP contribution in [0.2, 0.25) is 0 Å². The van der Waals surface area contributed by atoms with Crippen molar-refractivity contribution in [2.24, 2.45) is 0 Å². The molecule has 0 spiro atoms. The summed E-state index contributed by atoms with van der Waals surface area (Å²) in [5.74, 6) is 0.747. The fraction of sp³-hybridized carbons (Fsp3) is 0.600. The quantitative estimate of drug-likeness (QED) is 0.798. The van der Waals surface area contributed by atoms with Crippen LogP contribution in [0.5, 0.6) is 0 Å². The first-order chi connectivity index (χ1) is 8.03. The molecule has 2 nitrogen and oxygen atoms in total. The molecule has 2 aliphatic heterocycles. The molecule has 2 heterocycles. The molecule has 0 bridgehead atoms. The summed E-state index contributed by atoms with van der Waals surface area (Å²) in [6.45, 7) is 7.00. The minimum Gasteiger partial charge on any atom is -0.380 e. The molecule has 1 fully saturated rings. The first kappa shape index (κ1) is 11.1. The minimum atomic E-state index is 0.252. The molecule has 1 aromatic carbocycles. The summed E-state index contributed by atoms with van der Waals surface area (Å²) in [6.07, 6.45) is 2.44. The van der Waals surface area contributed by atoms with Gasteiger partial charge in [-0.05, 0) is 50.9 Å². The minimum absolute atomic E-state index is 0.252. The smallest absolute Gasteiger partial charge is 0.0379 e. The Morgan fingerprint density at radius 3 is 2.76 bits per heavy atom. The van der Waals surface area contributed by atoms with E-state index >= 15 is 0 Å². The molecule has 2 aliphatic rings. The first-order valence-corrected chi connectivity index (χ1v) is 6.63. The van der Waals surface area contributed by atoms with Gasteiger partial charge in [-0.15, -0.1) is 0 Å². The summed E-state index contributed by atoms with van der Waals surface area (Å²) < 4.78 is 0. The zero-order valence-electron chi connectivity index (χ0n) is 11.1. The van der Waals surface area contributed by atoms with Crippen molar-refractivity contribution in [2.45, 2.75) is 38.1 Å². The number of fused-ring (bicyclic) bond motifs is 1. The molecule has 2 heteroatoms. The number of rotatable bonds is 1. The third-order valence-electron chi connectivity index (χ3n) is 4.16. The second kappa shape index (κ2) is 3.74. The van der Waals surface area contributed by atoms with Gasteiger partial charge in [-0.25, -0.2) is 0 Å². The van der Waals surface area contributed by atoms with Crippen LogP contribution >= 0.6 is 0 Å². The average Bonchev–Trinajstić information content (AvgIpc) is 2.22. The predicted molar refractivity (Wildman–Crippen MR) is 72.7 cm³/mol. The van der Waals surface area contributed by atoms with E-state index in [9.17, 15) is 0 Å². The van der Waals surface area contributed by atoms with Crippen molar-refractivity contribution < 1.29 is 0 Å². The number of likely N-dealkylation sites (N-methyl/N-ethyl adjacent to an activating group) is 1. The van der Waals surface area contributed by atoms with Gasteiger partial charge in [-0.2, -0.15) is 0 Å². The van der Waals surface area contributed by atoms with Crippen LogP contribution < -0.4 is 5.32 Å². The van der Waals surface area contributed by atoms with Gasteiger partial charge in [-0.1, -0.05) is 12.1 Å². The molecule has 1 saturated heterocycles. The van der Waals surface area contributed by atoms with E-state index < -0.39 is 0 Å². The summed E-state index contributed by atoms with van der Waals surface area (Å²) in [5, 5.41) is 3.68. The number of nitrogens with zero attached hydrogens (tertiary/aromatic N) is 1. The molecule has 0 unspecified atom stereocenters. The molecule has 0 aliphatic carbocycles. The summed E-state index contributed by atoms with van der Waals surface area (Å²) in [6, 6.07) is 7.04. The SMILES string of the molecule is CN1CC(c2ccc3c(c2)NC(C)(C)CC3)C1. The van der Waals surface area contributed by atoms with E-state index in [0.717, 1.165) is 5.92 Å². The highest BCUT2D eigenvalue weighted by molar-refractivity contribution is 5.57. The van der Waals surface area contributed by atoms with Crippen LogP contribution in [0.1, 0.15) is 37.3 Å². The topological polar surface area (TPSA) is 15.3 Å². The van der Waals surface area contributed by atoms with E-state index in [1.165, 1.54) is 42.7 Å². The van der Waals surface area contributed by atoms with Gasteiger partial charge in [0.15, 0.2) is 0 Å². The normalized spacial score (nSPS) is 23.7. The number of anilines is 1. The summed E-state index contributed by atoms with van der Waals surface area (Å²) >= 11 is 0. The van der Waals surface area contributed by atoms with Crippen molar-refractivity contribution in [3.63, 3.8) is 0 Å². The van der Waals surface area contributed by atoms with Crippen LogP contribution in [0.4, 0.5) is 5.69 Å². The van der Waals surface area contributed by atoms with Crippen LogP contribution in [-0.4, -0.2) is 30.6 Å². The number of hydrogen-bond acceptors (Lipinski definition) is 2. The van der Waals surface area contributed by atoms with Crippen LogP contribution in [0.25, 0.3) is 0 Å². The average molecular weight is 230 g/mol. The van der Waals surface area contributed by atoms with E-state index in [2.05, 4.69) is 49.3 Å². The van der Waals surface area contributed by atoms with Gasteiger partial charge in [0.1, 0.15) is 0 Å². The standard InChI is InChI=1S/C15H22N2/c1-15(2)7-6-11-4-5-12(8-14(11)16-15)13-9-17(3)10-13/h4-5,8,13,16H,6-7,9-10H2,1-3H3. The lowest BCUT2D eigenvalue weighted by Gasteiger charge is -2.38. The molecule has 0 aromatic heterocycles. The molecule has 0 radical (unpaired) electrons. The van der Waals surface area contributed by atoms with E-state index in [4.69, 9.17) is 0 Å². The zero-order chi connectivity index (χ0) is 12.0. The van der Waals surface area contributed by atoms with Gasteiger partial charge in [0.05, 0.1) is 0 Å². The number of likely N-dealkylation sites (tertiary alicyclic amines) is 1. The van der Waals surface area contributed by atoms with Crippen molar-refractivity contribution >= 4 is 5.69 Å². The lowest BCUT2D eigenvalue weighted by atomic mass is 9.86. The maximum absolute atomic E-state index is 3.68. The Hall–Kier alpha value is -1.02. The Morgan fingerprint density at radius 1 is 1.29 bits per heavy atom. The molecule has 92 valence electrons. The highest BCUT2D eigenvalue weighted by atomic mass is 15.2. The van der Waals surface area contributed by atoms with Gasteiger partial charge in [0.2, 0.25) is 0 Å². The predicted octanol–water partition coefficient (Wildman–Crippen LogP) is 2.85. The molecule has 1 aromatic rings. The van der Waals surface area contributed by atoms with E-state index in [-0.39, 0.29) is 5.54 Å². The van der Waals surface area contributed by atoms with Gasteiger partial charge >= 0.3 is 0 Å². The molecular weight excluding hydrogens is 208 g/mol. The zero-order valence-corrected chi connectivity index (χ0v) is 11.1. The summed E-state index contributed by atoms with van der Waals surface area (Å²) in [5.41, 5.74) is 4.61. The molecule has 0 atom stereocenters. The first-order valence-electron chi connectivity index (χ1n) is 6.63. The Balaban J connectivity index is 1.85. The molecule has 0 amide bonds. The van der Waals surface area contributed by atoms with Crippen LogP contribution in [-0.2, 0) is 6.42 Å². The molecule has 17 heavy (non-hydrogen) atoms. The monoisotopic (exact) mass is 230 g/mol. The maximum atomic E-state index is 3.68. The second-order valence-corrected chi connectivity index (χ2v) is 6.34. The lowest BCUT2D eigenvalue weighted by molar-refractivity contribution is 0.190. The Bertz CT molecular complexity index is 431. The number of nitrogens with one attached hydrogen (secondary N) is 1. The van der Waals surface area contributed by atoms with Crippen LogP contribution in [0.15, 0.2) is 18.2 Å². The Kier molecular flexibility index (Phi) is 2.44. The molecular formula is C15H22N2. The lowest BCUT2D eigenvalue weighted by Crippen LogP contribution is -2.42. The third-order valence-corrected chi connectivity index (χ3v) is 4.16. The molecule has 3 rings (SSSR count). The van der Waals surface area contributed by atoms with Crippen LogP contribution in [0, 0.1) is 0 Å². The van der Waals surface area contributed by atoms with Crippen molar-refractivity contribution in [3.8, 4) is 0 Å². The maximum Gasteiger partial charge on any atom is 0.0379 e. The van der Waals surface area contributed by atoms with Crippen molar-refractivity contribution in [1.82, 2.24) is 4.90 Å². The second-order valence-electron chi connectivity index (χ2n) is 6.34. The third kappa shape index (κ3) is 2.06. The van der Waals surface area contributed by atoms with Crippen molar-refractivity contribution in [2.75, 3.05) is 25.5 Å². The highest BCUT2D eigenvalue weighted by Crippen LogP contribution is 2.34. The highest BCUT2D eigenvalue weighted by Gasteiger charge is 2.28. The van der Waals surface area contributed by atoms with E-state index in [0.29, 0.717) is 0 Å². The van der Waals surface area contributed by atoms with Crippen molar-refractivity contribution in [3.05, 3.63) is 29.3 Å². The Labute approximate surface area is 104 Å². The van der Waals surface area contributed by atoms with E-state index in [1.807, 2.05) is 0 Å². The number of hydrogen-bond donors (Lipinski definition) is 1.